The van der Waals surface area contributed by atoms with E-state index >= 15 is 0 Å². The van der Waals surface area contributed by atoms with E-state index in [0.29, 0.717) is 6.54 Å². The van der Waals surface area contributed by atoms with Crippen LogP contribution < -0.4 is 11.5 Å². The SMILES string of the molecule is Cl.NCCCC[C@@H](N)c1c(O)ccc2ccccc12. The summed E-state index contributed by atoms with van der Waals surface area (Å²) in [6.45, 7) is 0.689. The van der Waals surface area contributed by atoms with Crippen molar-refractivity contribution >= 4 is 23.2 Å². The number of phenols is 1. The van der Waals surface area contributed by atoms with Gasteiger partial charge in [-0.3, -0.25) is 0 Å². The van der Waals surface area contributed by atoms with Gasteiger partial charge < -0.3 is 16.6 Å². The molecule has 0 fully saturated rings. The first kappa shape index (κ1) is 15.8. The topological polar surface area (TPSA) is 72.3 Å². The number of hydrogen-bond acceptors (Lipinski definition) is 3. The Hall–Kier alpha value is -1.29. The van der Waals surface area contributed by atoms with Crippen LogP contribution >= 0.6 is 12.4 Å². The lowest BCUT2D eigenvalue weighted by molar-refractivity contribution is 0.458. The average molecular weight is 281 g/mol. The minimum atomic E-state index is -0.136. The van der Waals surface area contributed by atoms with Crippen LogP contribution in [0, 0.1) is 0 Å². The van der Waals surface area contributed by atoms with Gasteiger partial charge in [-0.1, -0.05) is 36.8 Å². The van der Waals surface area contributed by atoms with Gasteiger partial charge >= 0.3 is 0 Å². The molecule has 19 heavy (non-hydrogen) atoms. The van der Waals surface area contributed by atoms with Gasteiger partial charge in [0.2, 0.25) is 0 Å². The largest absolute Gasteiger partial charge is 0.508 e. The second kappa shape index (κ2) is 7.34. The highest BCUT2D eigenvalue weighted by Crippen LogP contribution is 2.33. The third-order valence-corrected chi connectivity index (χ3v) is 3.29. The Balaban J connectivity index is 0.00000180. The third kappa shape index (κ3) is 3.60. The van der Waals surface area contributed by atoms with Crippen molar-refractivity contribution in [3.63, 3.8) is 0 Å². The van der Waals surface area contributed by atoms with Crippen molar-refractivity contribution in [3.05, 3.63) is 42.0 Å². The molecular weight excluding hydrogens is 260 g/mol. The van der Waals surface area contributed by atoms with E-state index < -0.39 is 0 Å². The molecule has 0 amide bonds. The second-order valence-electron chi connectivity index (χ2n) is 4.61. The standard InChI is InChI=1S/C15H20N2O.ClH/c16-10-4-3-7-13(17)15-12-6-2-1-5-11(12)8-9-14(15)18;/h1-2,5-6,8-9,13,18H,3-4,7,10,16-17H2;1H/t13-;/m1./s1. The summed E-state index contributed by atoms with van der Waals surface area (Å²) < 4.78 is 0. The predicted octanol–water partition coefficient (Wildman–Crippen LogP) is 3.10. The van der Waals surface area contributed by atoms with Gasteiger partial charge in [-0.25, -0.2) is 0 Å². The smallest absolute Gasteiger partial charge is 0.120 e. The minimum absolute atomic E-state index is 0. The lowest BCUT2D eigenvalue weighted by Gasteiger charge is -2.16. The van der Waals surface area contributed by atoms with Crippen LogP contribution in [0.25, 0.3) is 10.8 Å². The number of hydrogen-bond donors (Lipinski definition) is 3. The summed E-state index contributed by atoms with van der Waals surface area (Å²) in [5.41, 5.74) is 12.5. The van der Waals surface area contributed by atoms with Gasteiger partial charge in [0.25, 0.3) is 0 Å². The molecule has 2 aromatic rings. The van der Waals surface area contributed by atoms with Gasteiger partial charge in [0.05, 0.1) is 0 Å². The van der Waals surface area contributed by atoms with Gasteiger partial charge in [-0.15, -0.1) is 12.4 Å². The highest BCUT2D eigenvalue weighted by atomic mass is 35.5. The van der Waals surface area contributed by atoms with E-state index in [-0.39, 0.29) is 24.2 Å². The number of unbranched alkanes of at least 4 members (excludes halogenated alkanes) is 1. The zero-order valence-corrected chi connectivity index (χ0v) is 11.7. The van der Waals surface area contributed by atoms with Crippen molar-refractivity contribution in [2.75, 3.05) is 6.54 Å². The van der Waals surface area contributed by atoms with Crippen molar-refractivity contribution < 1.29 is 5.11 Å². The summed E-state index contributed by atoms with van der Waals surface area (Å²) in [7, 11) is 0. The first-order valence-electron chi connectivity index (χ1n) is 6.40. The molecule has 1 atom stereocenters. The van der Waals surface area contributed by atoms with E-state index in [4.69, 9.17) is 11.5 Å². The van der Waals surface area contributed by atoms with Crippen LogP contribution in [0.5, 0.6) is 5.75 Å². The van der Waals surface area contributed by atoms with Crippen LogP contribution in [0.15, 0.2) is 36.4 Å². The second-order valence-corrected chi connectivity index (χ2v) is 4.61. The molecule has 2 rings (SSSR count). The Bertz CT molecular complexity index is 531. The number of rotatable bonds is 5. The zero-order chi connectivity index (χ0) is 13.0. The van der Waals surface area contributed by atoms with E-state index in [2.05, 4.69) is 0 Å². The van der Waals surface area contributed by atoms with Crippen LogP contribution in [-0.4, -0.2) is 11.7 Å². The van der Waals surface area contributed by atoms with E-state index in [9.17, 15) is 5.11 Å². The molecule has 0 aliphatic heterocycles. The minimum Gasteiger partial charge on any atom is -0.508 e. The molecule has 3 nitrogen and oxygen atoms in total. The van der Waals surface area contributed by atoms with Crippen molar-refractivity contribution in [3.8, 4) is 5.75 Å². The molecule has 0 aliphatic rings. The maximum absolute atomic E-state index is 10.0. The first-order chi connectivity index (χ1) is 8.74. The molecule has 0 aromatic heterocycles. The van der Waals surface area contributed by atoms with Gasteiger partial charge in [0, 0.05) is 11.6 Å². The summed E-state index contributed by atoms with van der Waals surface area (Å²) >= 11 is 0. The number of halogens is 1. The van der Waals surface area contributed by atoms with Gasteiger partial charge in [-0.05, 0) is 36.2 Å². The van der Waals surface area contributed by atoms with Crippen LogP contribution in [0.4, 0.5) is 0 Å². The van der Waals surface area contributed by atoms with Crippen molar-refractivity contribution in [1.82, 2.24) is 0 Å². The summed E-state index contributed by atoms with van der Waals surface area (Å²) in [4.78, 5) is 0. The summed E-state index contributed by atoms with van der Waals surface area (Å²) in [5, 5.41) is 12.2. The molecule has 2 aromatic carbocycles. The molecular formula is C15H21ClN2O. The normalized spacial score (nSPS) is 12.1. The molecule has 5 N–H and O–H groups in total. The zero-order valence-electron chi connectivity index (χ0n) is 10.9. The van der Waals surface area contributed by atoms with Gasteiger partial charge in [0.15, 0.2) is 0 Å². The number of benzene rings is 2. The Kier molecular flexibility index (Phi) is 6.09. The average Bonchev–Trinajstić information content (AvgIpc) is 2.38. The van der Waals surface area contributed by atoms with E-state index in [0.717, 1.165) is 35.6 Å². The van der Waals surface area contributed by atoms with Crippen LogP contribution in [0.1, 0.15) is 30.9 Å². The Morgan fingerprint density at radius 1 is 1.05 bits per heavy atom. The molecule has 0 spiro atoms. The van der Waals surface area contributed by atoms with E-state index in [1.54, 1.807) is 6.07 Å². The maximum Gasteiger partial charge on any atom is 0.120 e. The molecule has 0 unspecified atom stereocenters. The van der Waals surface area contributed by atoms with E-state index in [1.807, 2.05) is 30.3 Å². The third-order valence-electron chi connectivity index (χ3n) is 3.29. The number of phenolic OH excluding ortho intramolecular Hbond substituents is 1. The molecule has 0 saturated heterocycles. The molecule has 0 heterocycles. The Morgan fingerprint density at radius 3 is 2.53 bits per heavy atom. The Morgan fingerprint density at radius 2 is 1.79 bits per heavy atom. The summed E-state index contributed by atoms with van der Waals surface area (Å²) in [6.07, 6.45) is 2.80. The molecule has 0 bridgehead atoms. The van der Waals surface area contributed by atoms with Crippen LogP contribution in [-0.2, 0) is 0 Å². The molecule has 104 valence electrons. The van der Waals surface area contributed by atoms with Crippen molar-refractivity contribution in [1.29, 1.82) is 0 Å². The van der Waals surface area contributed by atoms with Gasteiger partial charge in [0.1, 0.15) is 5.75 Å². The fraction of sp³-hybridized carbons (Fsp3) is 0.333. The first-order valence-corrected chi connectivity index (χ1v) is 6.40. The monoisotopic (exact) mass is 280 g/mol. The van der Waals surface area contributed by atoms with Crippen molar-refractivity contribution in [2.45, 2.75) is 25.3 Å². The Labute approximate surface area is 120 Å². The van der Waals surface area contributed by atoms with E-state index in [1.165, 1.54) is 0 Å². The molecule has 4 heteroatoms. The van der Waals surface area contributed by atoms with Crippen LogP contribution in [0.3, 0.4) is 0 Å². The maximum atomic E-state index is 10.0. The van der Waals surface area contributed by atoms with Crippen LogP contribution in [0.2, 0.25) is 0 Å². The fourth-order valence-corrected chi connectivity index (χ4v) is 2.33. The fourth-order valence-electron chi connectivity index (χ4n) is 2.33. The highest BCUT2D eigenvalue weighted by Gasteiger charge is 2.14. The lowest BCUT2D eigenvalue weighted by Crippen LogP contribution is -2.12. The molecule has 0 radical (unpaired) electrons. The number of fused-ring (bicyclic) bond motifs is 1. The molecule has 0 aliphatic carbocycles. The highest BCUT2D eigenvalue weighted by molar-refractivity contribution is 5.88. The molecule has 0 saturated carbocycles. The predicted molar refractivity (Wildman–Crippen MR) is 82.7 cm³/mol. The number of nitrogens with two attached hydrogens (primary N) is 2. The van der Waals surface area contributed by atoms with Gasteiger partial charge in [-0.2, -0.15) is 0 Å². The van der Waals surface area contributed by atoms with Crippen molar-refractivity contribution in [2.24, 2.45) is 11.5 Å². The number of aromatic hydroxyl groups is 1. The lowest BCUT2D eigenvalue weighted by atomic mass is 9.95. The quantitative estimate of drug-likeness (QED) is 0.737. The summed E-state index contributed by atoms with van der Waals surface area (Å²) in [6, 6.07) is 11.5. The summed E-state index contributed by atoms with van der Waals surface area (Å²) in [5.74, 6) is 0.286.